The Kier molecular flexibility index (Phi) is 8.44. The fourth-order valence-corrected chi connectivity index (χ4v) is 5.87. The van der Waals surface area contributed by atoms with Gasteiger partial charge in [-0.25, -0.2) is 0 Å². The van der Waals surface area contributed by atoms with Crippen LogP contribution in [-0.2, 0) is 10.2 Å². The van der Waals surface area contributed by atoms with Crippen LogP contribution >= 0.6 is 23.8 Å². The highest BCUT2D eigenvalue weighted by Gasteiger charge is 2.34. The third-order valence-electron chi connectivity index (χ3n) is 7.78. The molecule has 9 heteroatoms. The Labute approximate surface area is 225 Å². The fourth-order valence-electron chi connectivity index (χ4n) is 5.58. The van der Waals surface area contributed by atoms with E-state index in [-0.39, 0.29) is 5.41 Å². The average molecular weight is 529 g/mol. The number of hydrogen-bond donors (Lipinski definition) is 2. The van der Waals surface area contributed by atoms with Crippen LogP contribution in [0, 0.1) is 0 Å². The van der Waals surface area contributed by atoms with Crippen LogP contribution in [-0.4, -0.2) is 61.0 Å². The number of anilines is 3. The van der Waals surface area contributed by atoms with E-state index in [0.717, 1.165) is 68.9 Å². The van der Waals surface area contributed by atoms with E-state index >= 15 is 0 Å². The molecule has 3 aliphatic heterocycles. The summed E-state index contributed by atoms with van der Waals surface area (Å²) in [5.74, 6) is 2.57. The molecule has 0 saturated carbocycles. The van der Waals surface area contributed by atoms with E-state index in [9.17, 15) is 0 Å². The predicted molar refractivity (Wildman–Crippen MR) is 152 cm³/mol. The quantitative estimate of drug-likeness (QED) is 0.499. The van der Waals surface area contributed by atoms with Gasteiger partial charge in [-0.2, -0.15) is 9.97 Å². The summed E-state index contributed by atoms with van der Waals surface area (Å²) in [5, 5.41) is 8.09. The zero-order valence-electron chi connectivity index (χ0n) is 21.0. The maximum atomic E-state index is 6.16. The van der Waals surface area contributed by atoms with Crippen LogP contribution in [0.25, 0.3) is 0 Å². The molecule has 7 nitrogen and oxygen atoms in total. The number of hydrogen-bond acceptors (Lipinski definition) is 6. The number of halogens is 1. The molecule has 194 valence electrons. The SMILES string of the molecule is S=C(NCC1(c2ccc(Cl)cc2)CCOCC1)Nc1nc(N2CCCCCC2)cc(N2CCCC2)n1. The van der Waals surface area contributed by atoms with Crippen molar-refractivity contribution in [1.29, 1.82) is 0 Å². The Bertz CT molecular complexity index is 1020. The zero-order chi connectivity index (χ0) is 24.8. The number of thiocarbonyl (C=S) groups is 1. The Morgan fingerprint density at radius 2 is 1.44 bits per heavy atom. The summed E-state index contributed by atoms with van der Waals surface area (Å²) in [7, 11) is 0. The number of benzene rings is 1. The predicted octanol–water partition coefficient (Wildman–Crippen LogP) is 5.15. The zero-order valence-corrected chi connectivity index (χ0v) is 22.5. The van der Waals surface area contributed by atoms with Crippen molar-refractivity contribution in [3.8, 4) is 0 Å². The van der Waals surface area contributed by atoms with Gasteiger partial charge in [-0.15, -0.1) is 0 Å². The second-order valence-electron chi connectivity index (χ2n) is 10.2. The molecule has 3 aliphatic rings. The van der Waals surface area contributed by atoms with Crippen molar-refractivity contribution in [2.75, 3.05) is 61.1 Å². The molecule has 0 aliphatic carbocycles. The van der Waals surface area contributed by atoms with Crippen molar-refractivity contribution in [3.05, 3.63) is 40.9 Å². The van der Waals surface area contributed by atoms with E-state index in [1.165, 1.54) is 44.1 Å². The Morgan fingerprint density at radius 1 is 0.889 bits per heavy atom. The van der Waals surface area contributed by atoms with Crippen molar-refractivity contribution in [1.82, 2.24) is 15.3 Å². The van der Waals surface area contributed by atoms with Crippen LogP contribution < -0.4 is 20.4 Å². The molecule has 36 heavy (non-hydrogen) atoms. The van der Waals surface area contributed by atoms with E-state index in [0.29, 0.717) is 17.6 Å². The van der Waals surface area contributed by atoms with Crippen molar-refractivity contribution in [2.45, 2.75) is 56.8 Å². The molecule has 0 radical (unpaired) electrons. The average Bonchev–Trinajstić information content (AvgIpc) is 3.31. The summed E-state index contributed by atoms with van der Waals surface area (Å²) in [6.45, 7) is 6.38. The number of nitrogens with zero attached hydrogens (tertiary/aromatic N) is 4. The van der Waals surface area contributed by atoms with E-state index < -0.39 is 0 Å². The van der Waals surface area contributed by atoms with Gasteiger partial charge < -0.3 is 25.2 Å². The molecule has 3 fully saturated rings. The molecular formula is C27H37ClN6OS. The van der Waals surface area contributed by atoms with Crippen LogP contribution in [0.15, 0.2) is 30.3 Å². The minimum Gasteiger partial charge on any atom is -0.381 e. The lowest BCUT2D eigenvalue weighted by atomic mass is 9.74. The maximum Gasteiger partial charge on any atom is 0.232 e. The summed E-state index contributed by atoms with van der Waals surface area (Å²) < 4.78 is 5.68. The van der Waals surface area contributed by atoms with Gasteiger partial charge in [0.05, 0.1) is 0 Å². The first-order valence-electron chi connectivity index (χ1n) is 13.4. The summed E-state index contributed by atoms with van der Waals surface area (Å²) in [6.07, 6.45) is 9.30. The topological polar surface area (TPSA) is 65.6 Å². The van der Waals surface area contributed by atoms with E-state index in [1.807, 2.05) is 12.1 Å². The number of aromatic nitrogens is 2. The highest BCUT2D eigenvalue weighted by Crippen LogP contribution is 2.35. The summed E-state index contributed by atoms with van der Waals surface area (Å²) in [5.41, 5.74) is 1.21. The van der Waals surface area contributed by atoms with Crippen molar-refractivity contribution >= 4 is 46.5 Å². The summed E-state index contributed by atoms with van der Waals surface area (Å²) in [4.78, 5) is 14.5. The minimum absolute atomic E-state index is 0.0515. The van der Waals surface area contributed by atoms with Crippen molar-refractivity contribution in [2.24, 2.45) is 0 Å². The molecule has 0 spiro atoms. The monoisotopic (exact) mass is 528 g/mol. The third-order valence-corrected chi connectivity index (χ3v) is 8.28. The van der Waals surface area contributed by atoms with Gasteiger partial charge >= 0.3 is 0 Å². The third kappa shape index (κ3) is 6.21. The number of nitrogens with one attached hydrogen (secondary N) is 2. The summed E-state index contributed by atoms with van der Waals surface area (Å²) >= 11 is 11.9. The molecule has 5 rings (SSSR count). The highest BCUT2D eigenvalue weighted by atomic mass is 35.5. The molecule has 0 amide bonds. The smallest absolute Gasteiger partial charge is 0.232 e. The maximum absolute atomic E-state index is 6.16. The molecule has 2 aromatic rings. The van der Waals surface area contributed by atoms with Gasteiger partial charge in [-0.3, -0.25) is 0 Å². The van der Waals surface area contributed by atoms with Crippen molar-refractivity contribution < 1.29 is 4.74 Å². The molecule has 1 aromatic carbocycles. The van der Waals surface area contributed by atoms with Crippen LogP contribution in [0.4, 0.5) is 17.6 Å². The van der Waals surface area contributed by atoms with Crippen LogP contribution in [0.2, 0.25) is 5.02 Å². The minimum atomic E-state index is -0.0515. The van der Waals surface area contributed by atoms with Gasteiger partial charge in [0.25, 0.3) is 0 Å². The molecule has 3 saturated heterocycles. The van der Waals surface area contributed by atoms with E-state index in [4.69, 9.17) is 38.5 Å². The van der Waals surface area contributed by atoms with Crippen molar-refractivity contribution in [3.63, 3.8) is 0 Å². The highest BCUT2D eigenvalue weighted by molar-refractivity contribution is 7.80. The fraction of sp³-hybridized carbons (Fsp3) is 0.593. The first-order chi connectivity index (χ1) is 17.6. The molecule has 2 N–H and O–H groups in total. The Morgan fingerprint density at radius 3 is 2.03 bits per heavy atom. The van der Waals surface area contributed by atoms with Crippen LogP contribution in [0.5, 0.6) is 0 Å². The number of ether oxygens (including phenoxy) is 1. The van der Waals surface area contributed by atoms with E-state index in [2.05, 4.69) is 38.6 Å². The van der Waals surface area contributed by atoms with Crippen LogP contribution in [0.3, 0.4) is 0 Å². The van der Waals surface area contributed by atoms with Gasteiger partial charge in [-0.1, -0.05) is 36.6 Å². The van der Waals surface area contributed by atoms with Gasteiger partial charge in [0, 0.05) is 62.4 Å². The molecule has 0 bridgehead atoms. The first kappa shape index (κ1) is 25.5. The second-order valence-corrected chi connectivity index (χ2v) is 11.1. The standard InChI is InChI=1S/C27H37ClN6OS/c28-22-9-7-21(8-10-22)27(11-17-35-18-12-27)20-29-26(36)32-25-30-23(33-13-3-1-2-4-14-33)19-24(31-25)34-15-5-6-16-34/h7-10,19H,1-6,11-18,20H2,(H2,29,30,31,32,36). The molecule has 0 unspecified atom stereocenters. The molecule has 0 atom stereocenters. The lowest BCUT2D eigenvalue weighted by Crippen LogP contribution is -2.45. The molecular weight excluding hydrogens is 492 g/mol. The lowest BCUT2D eigenvalue weighted by Gasteiger charge is -2.38. The summed E-state index contributed by atoms with van der Waals surface area (Å²) in [6, 6.07) is 10.3. The van der Waals surface area contributed by atoms with Gasteiger partial charge in [0.2, 0.25) is 5.95 Å². The van der Waals surface area contributed by atoms with E-state index in [1.54, 1.807) is 0 Å². The Hall–Kier alpha value is -2.16. The van der Waals surface area contributed by atoms with Gasteiger partial charge in [0.1, 0.15) is 11.6 Å². The Balaban J connectivity index is 1.31. The van der Waals surface area contributed by atoms with Crippen LogP contribution in [0.1, 0.15) is 56.9 Å². The first-order valence-corrected chi connectivity index (χ1v) is 14.2. The van der Waals surface area contributed by atoms with Gasteiger partial charge in [0.15, 0.2) is 5.11 Å². The molecule has 4 heterocycles. The lowest BCUT2D eigenvalue weighted by molar-refractivity contribution is 0.0515. The van der Waals surface area contributed by atoms with Gasteiger partial charge in [-0.05, 0) is 68.4 Å². The second kappa shape index (κ2) is 11.9. The molecule has 1 aromatic heterocycles. The number of rotatable bonds is 6. The largest absolute Gasteiger partial charge is 0.381 e. The normalized spacial score (nSPS) is 20.1.